The van der Waals surface area contributed by atoms with E-state index < -0.39 is 10.0 Å². The standard InChI is InChI=1S/C27H31N3O4S2/c1-4-7-16-29(6-3)36(32,33)23-13-11-21(12-14-23)26(31)30(19-22-9-8-17-34-22)27-28-24-15-10-20(5-2)18-25(24)35-27/h8-15,17-18H,4-7,16,19H2,1-3H3. The molecule has 0 aliphatic carbocycles. The number of carbonyl (C=O) groups is 1. The lowest BCUT2D eigenvalue weighted by Gasteiger charge is -2.21. The number of thiazole rings is 1. The fraction of sp³-hybridized carbons (Fsp3) is 0.333. The van der Waals surface area contributed by atoms with Crippen molar-refractivity contribution in [2.75, 3.05) is 18.0 Å². The number of amides is 1. The van der Waals surface area contributed by atoms with Crippen LogP contribution in [-0.4, -0.2) is 36.7 Å². The van der Waals surface area contributed by atoms with E-state index in [9.17, 15) is 13.2 Å². The molecule has 2 aromatic heterocycles. The maximum Gasteiger partial charge on any atom is 0.260 e. The number of aromatic nitrogens is 1. The first kappa shape index (κ1) is 26.1. The molecule has 0 fully saturated rings. The van der Waals surface area contributed by atoms with Gasteiger partial charge in [0.05, 0.1) is 27.9 Å². The number of fused-ring (bicyclic) bond motifs is 1. The van der Waals surface area contributed by atoms with Gasteiger partial charge >= 0.3 is 0 Å². The Bertz CT molecular complexity index is 1410. The second-order valence-corrected chi connectivity index (χ2v) is 11.4. The molecule has 0 radical (unpaired) electrons. The molecule has 0 aliphatic heterocycles. The van der Waals surface area contributed by atoms with Crippen molar-refractivity contribution >= 4 is 42.6 Å². The summed E-state index contributed by atoms with van der Waals surface area (Å²) in [5.41, 5.74) is 2.42. The van der Waals surface area contributed by atoms with Gasteiger partial charge in [-0.2, -0.15) is 4.31 Å². The molecule has 0 bridgehead atoms. The Morgan fingerprint density at radius 2 is 1.83 bits per heavy atom. The van der Waals surface area contributed by atoms with Gasteiger partial charge in [-0.25, -0.2) is 13.4 Å². The molecule has 190 valence electrons. The number of nitrogens with zero attached hydrogens (tertiary/aromatic N) is 3. The number of sulfonamides is 1. The van der Waals surface area contributed by atoms with Gasteiger partial charge < -0.3 is 4.42 Å². The van der Waals surface area contributed by atoms with Gasteiger partial charge in [0.25, 0.3) is 5.91 Å². The van der Waals surface area contributed by atoms with Gasteiger partial charge in [0.2, 0.25) is 10.0 Å². The average Bonchev–Trinajstić information content (AvgIpc) is 3.56. The van der Waals surface area contributed by atoms with Gasteiger partial charge in [0.1, 0.15) is 5.76 Å². The Morgan fingerprint density at radius 3 is 2.47 bits per heavy atom. The van der Waals surface area contributed by atoms with Gasteiger partial charge in [-0.3, -0.25) is 9.69 Å². The van der Waals surface area contributed by atoms with E-state index in [2.05, 4.69) is 13.0 Å². The van der Waals surface area contributed by atoms with E-state index in [1.807, 2.05) is 32.0 Å². The third-order valence-electron chi connectivity index (χ3n) is 6.07. The van der Waals surface area contributed by atoms with E-state index >= 15 is 0 Å². The predicted molar refractivity (Wildman–Crippen MR) is 144 cm³/mol. The number of rotatable bonds is 11. The van der Waals surface area contributed by atoms with Gasteiger partial charge in [0.15, 0.2) is 5.13 Å². The van der Waals surface area contributed by atoms with Crippen molar-refractivity contribution in [3.8, 4) is 0 Å². The molecule has 0 unspecified atom stereocenters. The van der Waals surface area contributed by atoms with Gasteiger partial charge in [-0.05, 0) is 66.9 Å². The monoisotopic (exact) mass is 525 g/mol. The summed E-state index contributed by atoms with van der Waals surface area (Å²) >= 11 is 1.45. The third-order valence-corrected chi connectivity index (χ3v) is 9.10. The summed E-state index contributed by atoms with van der Waals surface area (Å²) in [5, 5.41) is 0.563. The molecule has 0 spiro atoms. The summed E-state index contributed by atoms with van der Waals surface area (Å²) in [6.07, 6.45) is 4.20. The van der Waals surface area contributed by atoms with Crippen LogP contribution in [0, 0.1) is 0 Å². The van der Waals surface area contributed by atoms with Crippen molar-refractivity contribution in [1.82, 2.24) is 9.29 Å². The highest BCUT2D eigenvalue weighted by atomic mass is 32.2. The molecular formula is C27H31N3O4S2. The molecule has 4 rings (SSSR count). The molecule has 4 aromatic rings. The van der Waals surface area contributed by atoms with Crippen molar-refractivity contribution in [3.05, 3.63) is 77.7 Å². The number of hydrogen-bond donors (Lipinski definition) is 0. The van der Waals surface area contributed by atoms with Crippen LogP contribution < -0.4 is 4.90 Å². The van der Waals surface area contributed by atoms with Crippen LogP contribution in [-0.2, 0) is 23.0 Å². The molecule has 2 aromatic carbocycles. The molecule has 0 N–H and O–H groups in total. The summed E-state index contributed by atoms with van der Waals surface area (Å²) in [6, 6.07) is 15.9. The SMILES string of the molecule is CCCCN(CC)S(=O)(=O)c1ccc(C(=O)N(Cc2ccco2)c2nc3ccc(CC)cc3s2)cc1. The van der Waals surface area contributed by atoms with Crippen LogP contribution >= 0.6 is 11.3 Å². The van der Waals surface area contributed by atoms with Crippen molar-refractivity contribution in [1.29, 1.82) is 0 Å². The fourth-order valence-electron chi connectivity index (χ4n) is 3.93. The van der Waals surface area contributed by atoms with E-state index in [1.165, 1.54) is 33.3 Å². The number of carbonyl (C=O) groups excluding carboxylic acids is 1. The molecule has 0 atom stereocenters. The molecule has 1 amide bonds. The van der Waals surface area contributed by atoms with Crippen LogP contribution in [0.4, 0.5) is 5.13 Å². The molecule has 0 aliphatic rings. The number of furan rings is 1. The minimum absolute atomic E-state index is 0.182. The molecule has 2 heterocycles. The Kier molecular flexibility index (Phi) is 8.23. The minimum atomic E-state index is -3.62. The average molecular weight is 526 g/mol. The van der Waals surface area contributed by atoms with Gasteiger partial charge in [-0.15, -0.1) is 0 Å². The zero-order valence-corrected chi connectivity index (χ0v) is 22.4. The van der Waals surface area contributed by atoms with Crippen LogP contribution in [0.3, 0.4) is 0 Å². The third kappa shape index (κ3) is 5.53. The van der Waals surface area contributed by atoms with Crippen LogP contribution in [0.25, 0.3) is 10.2 Å². The minimum Gasteiger partial charge on any atom is -0.467 e. The quantitative estimate of drug-likeness (QED) is 0.236. The Labute approximate surface area is 216 Å². The Hall–Kier alpha value is -3.01. The Balaban J connectivity index is 1.65. The highest BCUT2D eigenvalue weighted by Crippen LogP contribution is 2.32. The largest absolute Gasteiger partial charge is 0.467 e. The zero-order chi connectivity index (χ0) is 25.7. The van der Waals surface area contributed by atoms with Crippen LogP contribution in [0.15, 0.2) is 70.2 Å². The summed E-state index contributed by atoms with van der Waals surface area (Å²) in [5.74, 6) is 0.356. The first-order chi connectivity index (χ1) is 17.4. The number of benzene rings is 2. The first-order valence-corrected chi connectivity index (χ1v) is 14.5. The normalized spacial score (nSPS) is 11.9. The summed E-state index contributed by atoms with van der Waals surface area (Å²) in [7, 11) is -3.62. The molecule has 0 saturated heterocycles. The topological polar surface area (TPSA) is 83.7 Å². The first-order valence-electron chi connectivity index (χ1n) is 12.2. The van der Waals surface area contributed by atoms with Crippen molar-refractivity contribution in [3.63, 3.8) is 0 Å². The predicted octanol–water partition coefficient (Wildman–Crippen LogP) is 6.11. The highest BCUT2D eigenvalue weighted by molar-refractivity contribution is 7.89. The second-order valence-electron chi connectivity index (χ2n) is 8.50. The van der Waals surface area contributed by atoms with E-state index in [4.69, 9.17) is 9.40 Å². The van der Waals surface area contributed by atoms with Gasteiger partial charge in [0, 0.05) is 18.7 Å². The van der Waals surface area contributed by atoms with Gasteiger partial charge in [-0.1, -0.05) is 44.6 Å². The molecule has 7 nitrogen and oxygen atoms in total. The summed E-state index contributed by atoms with van der Waals surface area (Å²) < 4.78 is 34.2. The lowest BCUT2D eigenvalue weighted by atomic mass is 10.2. The van der Waals surface area contributed by atoms with Crippen molar-refractivity contribution in [2.24, 2.45) is 0 Å². The number of aryl methyl sites for hydroxylation is 1. The Morgan fingerprint density at radius 1 is 1.06 bits per heavy atom. The highest BCUT2D eigenvalue weighted by Gasteiger charge is 2.26. The van der Waals surface area contributed by atoms with Crippen molar-refractivity contribution < 1.29 is 17.6 Å². The number of anilines is 1. The maximum atomic E-state index is 13.7. The van der Waals surface area contributed by atoms with Crippen LogP contribution in [0.1, 0.15) is 55.3 Å². The fourth-order valence-corrected chi connectivity index (χ4v) is 6.45. The zero-order valence-electron chi connectivity index (χ0n) is 20.8. The lowest BCUT2D eigenvalue weighted by Crippen LogP contribution is -2.32. The van der Waals surface area contributed by atoms with Crippen molar-refractivity contribution in [2.45, 2.75) is 51.5 Å². The van der Waals surface area contributed by atoms with Crippen LogP contribution in [0.2, 0.25) is 0 Å². The van der Waals surface area contributed by atoms with Crippen LogP contribution in [0.5, 0.6) is 0 Å². The second kappa shape index (κ2) is 11.4. The van der Waals surface area contributed by atoms with E-state index in [-0.39, 0.29) is 17.3 Å². The number of hydrogen-bond acceptors (Lipinski definition) is 6. The lowest BCUT2D eigenvalue weighted by molar-refractivity contribution is 0.0983. The summed E-state index contributed by atoms with van der Waals surface area (Å²) in [6.45, 7) is 7.06. The van der Waals surface area contributed by atoms with E-state index in [0.29, 0.717) is 29.5 Å². The summed E-state index contributed by atoms with van der Waals surface area (Å²) in [4.78, 5) is 20.1. The molecular weight excluding hydrogens is 494 g/mol. The molecule has 9 heteroatoms. The maximum absolute atomic E-state index is 13.7. The van der Waals surface area contributed by atoms with E-state index in [1.54, 1.807) is 29.4 Å². The molecule has 0 saturated carbocycles. The smallest absolute Gasteiger partial charge is 0.260 e. The van der Waals surface area contributed by atoms with E-state index in [0.717, 1.165) is 29.5 Å². The number of unbranched alkanes of at least 4 members (excludes halogenated alkanes) is 1. The molecule has 36 heavy (non-hydrogen) atoms.